The molecule has 0 radical (unpaired) electrons. The van der Waals surface area contributed by atoms with Crippen LogP contribution in [0.1, 0.15) is 44.9 Å². The van der Waals surface area contributed by atoms with E-state index in [0.717, 1.165) is 31.5 Å². The maximum Gasteiger partial charge on any atom is 0.231 e. The maximum absolute atomic E-state index is 4.60. The summed E-state index contributed by atoms with van der Waals surface area (Å²) in [6.07, 6.45) is 9.24. The summed E-state index contributed by atoms with van der Waals surface area (Å²) < 4.78 is 0. The molecule has 21 heavy (non-hydrogen) atoms. The van der Waals surface area contributed by atoms with Gasteiger partial charge in [-0.1, -0.05) is 19.3 Å². The molecule has 2 aliphatic rings. The van der Waals surface area contributed by atoms with E-state index in [9.17, 15) is 0 Å². The third-order valence-electron chi connectivity index (χ3n) is 4.51. The van der Waals surface area contributed by atoms with Crippen LogP contribution in [-0.4, -0.2) is 41.6 Å². The van der Waals surface area contributed by atoms with Gasteiger partial charge in [0.25, 0.3) is 0 Å². The first-order valence-electron chi connectivity index (χ1n) is 8.28. The monoisotopic (exact) mass is 290 g/mol. The van der Waals surface area contributed by atoms with Gasteiger partial charge in [0, 0.05) is 26.7 Å². The van der Waals surface area contributed by atoms with Crippen molar-refractivity contribution in [3.63, 3.8) is 0 Å². The molecule has 0 unspecified atom stereocenters. The molecule has 1 aromatic rings. The summed E-state index contributed by atoms with van der Waals surface area (Å²) >= 11 is 0. The second-order valence-corrected chi connectivity index (χ2v) is 6.11. The van der Waals surface area contributed by atoms with Crippen molar-refractivity contribution in [3.05, 3.63) is 0 Å². The van der Waals surface area contributed by atoms with Gasteiger partial charge in [-0.05, 0) is 31.6 Å². The second-order valence-electron chi connectivity index (χ2n) is 6.11. The van der Waals surface area contributed by atoms with E-state index < -0.39 is 0 Å². The zero-order chi connectivity index (χ0) is 14.5. The predicted octanol–water partition coefficient (Wildman–Crippen LogP) is 2.51. The second kappa shape index (κ2) is 6.91. The molecule has 0 atom stereocenters. The van der Waals surface area contributed by atoms with Crippen molar-refractivity contribution < 1.29 is 0 Å². The summed E-state index contributed by atoms with van der Waals surface area (Å²) in [7, 11) is 1.86. The number of hydrogen-bond donors (Lipinski definition) is 2. The van der Waals surface area contributed by atoms with Crippen molar-refractivity contribution in [1.29, 1.82) is 0 Å². The number of anilines is 3. The highest BCUT2D eigenvalue weighted by atomic mass is 15.3. The van der Waals surface area contributed by atoms with Crippen LogP contribution >= 0.6 is 0 Å². The highest BCUT2D eigenvalue weighted by Crippen LogP contribution is 2.24. The third-order valence-corrected chi connectivity index (χ3v) is 4.51. The Bertz CT molecular complexity index is 451. The number of hydrogen-bond acceptors (Lipinski definition) is 6. The van der Waals surface area contributed by atoms with E-state index in [0.29, 0.717) is 11.9 Å². The van der Waals surface area contributed by atoms with Gasteiger partial charge in [-0.15, -0.1) is 0 Å². The molecule has 0 aromatic carbocycles. The van der Waals surface area contributed by atoms with Gasteiger partial charge in [-0.25, -0.2) is 0 Å². The lowest BCUT2D eigenvalue weighted by atomic mass is 9.89. The van der Waals surface area contributed by atoms with Crippen molar-refractivity contribution in [2.75, 3.05) is 42.2 Å². The molecule has 2 fully saturated rings. The molecule has 1 saturated heterocycles. The maximum atomic E-state index is 4.60. The smallest absolute Gasteiger partial charge is 0.231 e. The molecule has 1 saturated carbocycles. The van der Waals surface area contributed by atoms with Crippen molar-refractivity contribution in [1.82, 2.24) is 15.0 Å². The Kier molecular flexibility index (Phi) is 4.72. The van der Waals surface area contributed by atoms with Crippen LogP contribution in [0.5, 0.6) is 0 Å². The predicted molar refractivity (Wildman–Crippen MR) is 85.9 cm³/mol. The molecule has 0 bridgehead atoms. The molecule has 2 N–H and O–H groups in total. The van der Waals surface area contributed by atoms with Crippen LogP contribution in [-0.2, 0) is 0 Å². The van der Waals surface area contributed by atoms with Gasteiger partial charge in [0.2, 0.25) is 17.8 Å². The third kappa shape index (κ3) is 3.74. The van der Waals surface area contributed by atoms with Gasteiger partial charge < -0.3 is 15.5 Å². The van der Waals surface area contributed by atoms with Gasteiger partial charge in [0.05, 0.1) is 0 Å². The SMILES string of the molecule is CNc1nc(NCC2CCCCC2)nc(N2CCCC2)n1. The average molecular weight is 290 g/mol. The first kappa shape index (κ1) is 14.4. The van der Waals surface area contributed by atoms with Crippen LogP contribution in [0, 0.1) is 5.92 Å². The summed E-state index contributed by atoms with van der Waals surface area (Å²) in [5.74, 6) is 2.93. The Morgan fingerprint density at radius 3 is 2.38 bits per heavy atom. The minimum absolute atomic E-state index is 0.651. The number of nitrogens with zero attached hydrogens (tertiary/aromatic N) is 4. The Morgan fingerprint density at radius 2 is 1.67 bits per heavy atom. The Balaban J connectivity index is 1.66. The summed E-state index contributed by atoms with van der Waals surface area (Å²) in [6, 6.07) is 0. The first-order valence-corrected chi connectivity index (χ1v) is 8.28. The zero-order valence-electron chi connectivity index (χ0n) is 12.9. The number of rotatable bonds is 5. The zero-order valence-corrected chi connectivity index (χ0v) is 12.9. The molecule has 0 amide bonds. The Hall–Kier alpha value is -1.59. The Labute approximate surface area is 126 Å². The molecule has 1 aliphatic heterocycles. The van der Waals surface area contributed by atoms with Crippen molar-refractivity contribution >= 4 is 17.8 Å². The normalized spacial score (nSPS) is 19.8. The minimum Gasteiger partial charge on any atom is -0.357 e. The van der Waals surface area contributed by atoms with E-state index in [-0.39, 0.29) is 0 Å². The van der Waals surface area contributed by atoms with Crippen LogP contribution in [0.15, 0.2) is 0 Å². The average Bonchev–Trinajstić information content (AvgIpc) is 3.08. The highest BCUT2D eigenvalue weighted by molar-refractivity contribution is 5.44. The van der Waals surface area contributed by atoms with Crippen molar-refractivity contribution in [2.45, 2.75) is 44.9 Å². The summed E-state index contributed by atoms with van der Waals surface area (Å²) in [5.41, 5.74) is 0. The van der Waals surface area contributed by atoms with Crippen molar-refractivity contribution in [2.24, 2.45) is 5.92 Å². The van der Waals surface area contributed by atoms with E-state index in [4.69, 9.17) is 0 Å². The van der Waals surface area contributed by atoms with E-state index in [1.807, 2.05) is 7.05 Å². The van der Waals surface area contributed by atoms with Crippen LogP contribution in [0.25, 0.3) is 0 Å². The quantitative estimate of drug-likeness (QED) is 0.868. The molecule has 0 spiro atoms. The topological polar surface area (TPSA) is 66.0 Å². The van der Waals surface area contributed by atoms with Crippen LogP contribution in [0.2, 0.25) is 0 Å². The summed E-state index contributed by atoms with van der Waals surface area (Å²) in [5, 5.41) is 6.46. The fourth-order valence-electron chi connectivity index (χ4n) is 3.24. The molecule has 6 heteroatoms. The standard InChI is InChI=1S/C15H26N6/c1-16-13-18-14(17-11-12-7-3-2-4-8-12)20-15(19-13)21-9-5-6-10-21/h12H,2-11H2,1H3,(H2,16,17,18,19,20). The van der Waals surface area contributed by atoms with Crippen LogP contribution in [0.3, 0.4) is 0 Å². The molecular weight excluding hydrogens is 264 g/mol. The van der Waals surface area contributed by atoms with Gasteiger partial charge in [0.15, 0.2) is 0 Å². The first-order chi connectivity index (χ1) is 10.3. The largest absolute Gasteiger partial charge is 0.357 e. The molecule has 116 valence electrons. The van der Waals surface area contributed by atoms with Gasteiger partial charge in [-0.3, -0.25) is 0 Å². The molecule has 1 aromatic heterocycles. The van der Waals surface area contributed by atoms with Gasteiger partial charge in [-0.2, -0.15) is 15.0 Å². The highest BCUT2D eigenvalue weighted by Gasteiger charge is 2.18. The fraction of sp³-hybridized carbons (Fsp3) is 0.800. The Morgan fingerprint density at radius 1 is 0.952 bits per heavy atom. The van der Waals surface area contributed by atoms with E-state index >= 15 is 0 Å². The molecular formula is C15H26N6. The van der Waals surface area contributed by atoms with Crippen molar-refractivity contribution in [3.8, 4) is 0 Å². The fourth-order valence-corrected chi connectivity index (χ4v) is 3.24. The molecule has 3 rings (SSSR count). The minimum atomic E-state index is 0.651. The number of aromatic nitrogens is 3. The van der Waals surface area contributed by atoms with Gasteiger partial charge in [0.1, 0.15) is 0 Å². The number of nitrogens with one attached hydrogen (secondary N) is 2. The lowest BCUT2D eigenvalue weighted by Crippen LogP contribution is -2.23. The lowest BCUT2D eigenvalue weighted by molar-refractivity contribution is 0.373. The van der Waals surface area contributed by atoms with Gasteiger partial charge >= 0.3 is 0 Å². The van der Waals surface area contributed by atoms with Crippen LogP contribution in [0.4, 0.5) is 17.8 Å². The van der Waals surface area contributed by atoms with Crippen LogP contribution < -0.4 is 15.5 Å². The summed E-state index contributed by atoms with van der Waals surface area (Å²) in [4.78, 5) is 15.8. The van der Waals surface area contributed by atoms with E-state index in [1.165, 1.54) is 44.9 Å². The summed E-state index contributed by atoms with van der Waals surface area (Å²) in [6.45, 7) is 3.08. The molecule has 1 aliphatic carbocycles. The molecule has 6 nitrogen and oxygen atoms in total. The lowest BCUT2D eigenvalue weighted by Gasteiger charge is -2.22. The van der Waals surface area contributed by atoms with E-state index in [2.05, 4.69) is 30.5 Å². The molecule has 2 heterocycles. The van der Waals surface area contributed by atoms with E-state index in [1.54, 1.807) is 0 Å².